The molecule has 2 heterocycles. The van der Waals surface area contributed by atoms with Crippen molar-refractivity contribution >= 4 is 45.3 Å². The predicted octanol–water partition coefficient (Wildman–Crippen LogP) is 7.30. The summed E-state index contributed by atoms with van der Waals surface area (Å²) in [5, 5.41) is 24.0. The van der Waals surface area contributed by atoms with Crippen LogP contribution in [0.5, 0.6) is 11.5 Å². The van der Waals surface area contributed by atoms with E-state index in [1.54, 1.807) is 72.8 Å². The maximum Gasteiger partial charge on any atom is 0.344 e. The van der Waals surface area contributed by atoms with Crippen LogP contribution < -0.4 is 11.3 Å². The van der Waals surface area contributed by atoms with Crippen molar-refractivity contribution in [3.05, 3.63) is 140 Å². The first kappa shape index (κ1) is 24.9. The summed E-state index contributed by atoms with van der Waals surface area (Å²) in [5.41, 5.74) is -1.16. The van der Waals surface area contributed by atoms with Crippen molar-refractivity contribution in [3.63, 3.8) is 0 Å². The summed E-state index contributed by atoms with van der Waals surface area (Å²) in [6, 6.07) is 27.5. The number of halogens is 1. The highest BCUT2D eigenvalue weighted by atomic mass is 35.5. The van der Waals surface area contributed by atoms with Crippen molar-refractivity contribution in [2.75, 3.05) is 0 Å². The third-order valence-electron chi connectivity index (χ3n) is 6.49. The predicted molar refractivity (Wildman–Crippen MR) is 151 cm³/mol. The Labute approximate surface area is 230 Å². The molecule has 0 atom stereocenters. The molecule has 0 amide bonds. The van der Waals surface area contributed by atoms with Gasteiger partial charge in [0.2, 0.25) is 0 Å². The van der Waals surface area contributed by atoms with E-state index in [4.69, 9.17) is 20.4 Å². The number of hydrogen-bond acceptors (Lipinski definition) is 7. The van der Waals surface area contributed by atoms with Crippen molar-refractivity contribution in [1.82, 2.24) is 0 Å². The Bertz CT molecular complexity index is 1880. The zero-order valence-corrected chi connectivity index (χ0v) is 21.7. The van der Waals surface area contributed by atoms with Gasteiger partial charge in [0.15, 0.2) is 0 Å². The van der Waals surface area contributed by atoms with E-state index in [9.17, 15) is 19.8 Å². The fourth-order valence-corrected chi connectivity index (χ4v) is 5.80. The average molecular weight is 555 g/mol. The van der Waals surface area contributed by atoms with Crippen LogP contribution in [0.25, 0.3) is 21.9 Å². The molecule has 2 N–H and O–H groups in total. The zero-order valence-electron chi connectivity index (χ0n) is 20.1. The molecule has 0 bridgehead atoms. The van der Waals surface area contributed by atoms with Gasteiger partial charge in [0.1, 0.15) is 22.7 Å². The molecular formula is C31H19ClO6S. The molecule has 0 saturated heterocycles. The second-order valence-corrected chi connectivity index (χ2v) is 10.4. The Morgan fingerprint density at radius 3 is 1.69 bits per heavy atom. The maximum atomic E-state index is 13.5. The molecule has 39 heavy (non-hydrogen) atoms. The summed E-state index contributed by atoms with van der Waals surface area (Å²) in [7, 11) is 0. The van der Waals surface area contributed by atoms with Gasteiger partial charge in [-0.2, -0.15) is 0 Å². The smallest absolute Gasteiger partial charge is 0.344 e. The average Bonchev–Trinajstić information content (AvgIpc) is 2.94. The van der Waals surface area contributed by atoms with E-state index in [-0.39, 0.29) is 33.8 Å². The summed E-state index contributed by atoms with van der Waals surface area (Å²) < 4.78 is 11.2. The molecule has 0 aliphatic rings. The van der Waals surface area contributed by atoms with E-state index in [0.717, 1.165) is 4.90 Å². The summed E-state index contributed by atoms with van der Waals surface area (Å²) >= 11 is 7.45. The van der Waals surface area contributed by atoms with Crippen LogP contribution >= 0.6 is 23.4 Å². The molecule has 0 aliphatic carbocycles. The van der Waals surface area contributed by atoms with Crippen molar-refractivity contribution < 1.29 is 19.0 Å². The van der Waals surface area contributed by atoms with Crippen LogP contribution in [0.4, 0.5) is 0 Å². The standard InChI is InChI=1S/C31H19ClO6S/c32-17-13-15-18(16-14-17)39-24-12-6-3-9-21(24)25(26-28(33)19-7-1-4-10-22(19)37-30(26)35)27-29(34)20-8-2-5-11-23(20)38-31(27)36/h1-16,25,33-34H. The fraction of sp³-hybridized carbons (Fsp3) is 0.0323. The number of rotatable bonds is 5. The first-order valence-electron chi connectivity index (χ1n) is 11.9. The zero-order chi connectivity index (χ0) is 27.1. The first-order chi connectivity index (χ1) is 18.9. The first-order valence-corrected chi connectivity index (χ1v) is 13.1. The van der Waals surface area contributed by atoms with Crippen LogP contribution in [0, 0.1) is 0 Å². The molecule has 0 fully saturated rings. The van der Waals surface area contributed by atoms with Gasteiger partial charge in [-0.05, 0) is 60.2 Å². The molecule has 2 aromatic heterocycles. The minimum Gasteiger partial charge on any atom is -0.507 e. The van der Waals surface area contributed by atoms with Gasteiger partial charge in [-0.25, -0.2) is 9.59 Å². The lowest BCUT2D eigenvalue weighted by atomic mass is 9.84. The Hall–Kier alpha value is -4.46. The lowest BCUT2D eigenvalue weighted by Crippen LogP contribution is -2.21. The quantitative estimate of drug-likeness (QED) is 0.216. The molecule has 6 nitrogen and oxygen atoms in total. The van der Waals surface area contributed by atoms with Gasteiger partial charge in [-0.1, -0.05) is 65.8 Å². The van der Waals surface area contributed by atoms with Gasteiger partial charge in [0.25, 0.3) is 0 Å². The summed E-state index contributed by atoms with van der Waals surface area (Å²) in [5.74, 6) is -1.90. The van der Waals surface area contributed by atoms with E-state index < -0.39 is 17.2 Å². The molecule has 4 aromatic carbocycles. The van der Waals surface area contributed by atoms with Crippen molar-refractivity contribution in [2.24, 2.45) is 0 Å². The number of benzene rings is 4. The molecular weight excluding hydrogens is 536 g/mol. The van der Waals surface area contributed by atoms with E-state index in [1.165, 1.54) is 11.8 Å². The van der Waals surface area contributed by atoms with Crippen LogP contribution in [0.1, 0.15) is 22.6 Å². The number of fused-ring (bicyclic) bond motifs is 2. The van der Waals surface area contributed by atoms with Crippen LogP contribution in [0.15, 0.2) is 125 Å². The minimum atomic E-state index is -1.22. The van der Waals surface area contributed by atoms with Gasteiger partial charge >= 0.3 is 11.3 Å². The van der Waals surface area contributed by atoms with Crippen LogP contribution in [0.3, 0.4) is 0 Å². The molecule has 0 spiro atoms. The van der Waals surface area contributed by atoms with Gasteiger partial charge < -0.3 is 19.0 Å². The van der Waals surface area contributed by atoms with E-state index >= 15 is 0 Å². The normalized spacial score (nSPS) is 11.4. The summed E-state index contributed by atoms with van der Waals surface area (Å²) in [6.07, 6.45) is 0. The summed E-state index contributed by atoms with van der Waals surface area (Å²) in [4.78, 5) is 28.5. The molecule has 0 saturated carbocycles. The Kier molecular flexibility index (Phi) is 6.38. The van der Waals surface area contributed by atoms with Gasteiger partial charge in [0, 0.05) is 14.8 Å². The van der Waals surface area contributed by atoms with E-state index in [2.05, 4.69) is 0 Å². The Morgan fingerprint density at radius 1 is 0.641 bits per heavy atom. The fourth-order valence-electron chi connectivity index (χ4n) is 4.70. The van der Waals surface area contributed by atoms with Crippen LogP contribution in [0.2, 0.25) is 5.02 Å². The SMILES string of the molecule is O=c1oc2ccccc2c(O)c1C(c1ccccc1Sc1ccc(Cl)cc1)c1c(O)c2ccccc2oc1=O. The Balaban J connectivity index is 1.68. The summed E-state index contributed by atoms with van der Waals surface area (Å²) in [6.45, 7) is 0. The Morgan fingerprint density at radius 2 is 1.13 bits per heavy atom. The van der Waals surface area contributed by atoms with Crippen molar-refractivity contribution in [1.29, 1.82) is 0 Å². The second-order valence-electron chi connectivity index (χ2n) is 8.82. The highest BCUT2D eigenvalue weighted by molar-refractivity contribution is 7.99. The largest absolute Gasteiger partial charge is 0.507 e. The topological polar surface area (TPSA) is 101 Å². The second kappa shape index (κ2) is 10.0. The highest BCUT2D eigenvalue weighted by Gasteiger charge is 2.33. The van der Waals surface area contributed by atoms with Gasteiger partial charge in [-0.15, -0.1) is 0 Å². The number of aromatic hydroxyl groups is 2. The number of hydrogen-bond donors (Lipinski definition) is 2. The third kappa shape index (κ3) is 4.46. The van der Waals surface area contributed by atoms with E-state index in [1.807, 2.05) is 24.3 Å². The third-order valence-corrected chi connectivity index (χ3v) is 7.84. The van der Waals surface area contributed by atoms with Gasteiger partial charge in [0.05, 0.1) is 27.8 Å². The lowest BCUT2D eigenvalue weighted by Gasteiger charge is -2.22. The molecule has 0 radical (unpaired) electrons. The minimum absolute atomic E-state index is 0.185. The van der Waals surface area contributed by atoms with Crippen LogP contribution in [-0.4, -0.2) is 10.2 Å². The van der Waals surface area contributed by atoms with Gasteiger partial charge in [-0.3, -0.25) is 0 Å². The molecule has 6 aromatic rings. The maximum absolute atomic E-state index is 13.5. The molecule has 192 valence electrons. The number of para-hydroxylation sites is 2. The van der Waals surface area contributed by atoms with E-state index in [0.29, 0.717) is 26.3 Å². The van der Waals surface area contributed by atoms with Crippen molar-refractivity contribution in [3.8, 4) is 11.5 Å². The van der Waals surface area contributed by atoms with Crippen molar-refractivity contribution in [2.45, 2.75) is 15.7 Å². The molecule has 0 unspecified atom stereocenters. The lowest BCUT2D eigenvalue weighted by molar-refractivity contribution is 0.441. The highest BCUT2D eigenvalue weighted by Crippen LogP contribution is 2.45. The monoisotopic (exact) mass is 554 g/mol. The molecule has 0 aliphatic heterocycles. The van der Waals surface area contributed by atoms with Crippen LogP contribution in [-0.2, 0) is 0 Å². The molecule has 8 heteroatoms. The molecule has 6 rings (SSSR count).